The number of benzene rings is 1. The quantitative estimate of drug-likeness (QED) is 0.218. The van der Waals surface area contributed by atoms with Crippen molar-refractivity contribution in [2.45, 2.75) is 32.1 Å². The van der Waals surface area contributed by atoms with Crippen LogP contribution in [0.25, 0.3) is 0 Å². The molecule has 0 saturated carbocycles. The summed E-state index contributed by atoms with van der Waals surface area (Å²) in [6.07, 6.45) is 5.50. The summed E-state index contributed by atoms with van der Waals surface area (Å²) in [4.78, 5) is 38.5. The van der Waals surface area contributed by atoms with E-state index in [2.05, 4.69) is 25.8 Å². The molecule has 5 N–H and O–H groups in total. The van der Waals surface area contributed by atoms with E-state index >= 15 is 0 Å². The van der Waals surface area contributed by atoms with Gasteiger partial charge in [-0.1, -0.05) is 12.1 Å². The lowest BCUT2D eigenvalue weighted by Crippen LogP contribution is -2.37. The van der Waals surface area contributed by atoms with Gasteiger partial charge >= 0.3 is 0 Å². The molecular formula is C26H35ClN8O2. The molecule has 0 atom stereocenters. The summed E-state index contributed by atoms with van der Waals surface area (Å²) in [5, 5.41) is 9.56. The van der Waals surface area contributed by atoms with Gasteiger partial charge in [0, 0.05) is 51.0 Å². The van der Waals surface area contributed by atoms with Crippen LogP contribution in [0.15, 0.2) is 39.9 Å². The van der Waals surface area contributed by atoms with Gasteiger partial charge in [-0.15, -0.1) is 12.4 Å². The van der Waals surface area contributed by atoms with Crippen LogP contribution in [-0.2, 0) is 6.42 Å². The summed E-state index contributed by atoms with van der Waals surface area (Å²) in [6, 6.07) is 9.71. The maximum absolute atomic E-state index is 12.2. The van der Waals surface area contributed by atoms with Gasteiger partial charge in [0.1, 0.15) is 23.0 Å². The van der Waals surface area contributed by atoms with Crippen LogP contribution in [-0.4, -0.2) is 55.8 Å². The van der Waals surface area contributed by atoms with Crippen molar-refractivity contribution in [2.24, 2.45) is 5.73 Å². The van der Waals surface area contributed by atoms with Crippen LogP contribution in [0.1, 0.15) is 31.2 Å². The van der Waals surface area contributed by atoms with Crippen molar-refractivity contribution < 1.29 is 0 Å². The first kappa shape index (κ1) is 26.7. The Morgan fingerprint density at radius 1 is 0.811 bits per heavy atom. The van der Waals surface area contributed by atoms with E-state index in [1.807, 2.05) is 30.3 Å². The predicted molar refractivity (Wildman–Crippen MR) is 153 cm³/mol. The second-order valence-electron chi connectivity index (χ2n) is 9.42. The van der Waals surface area contributed by atoms with E-state index in [9.17, 15) is 9.59 Å². The Morgan fingerprint density at radius 3 is 2.11 bits per heavy atom. The van der Waals surface area contributed by atoms with Crippen molar-refractivity contribution in [1.29, 1.82) is 0 Å². The molecule has 0 aliphatic carbocycles. The van der Waals surface area contributed by atoms with Crippen molar-refractivity contribution in [1.82, 2.24) is 9.97 Å². The van der Waals surface area contributed by atoms with Gasteiger partial charge in [-0.25, -0.2) is 0 Å². The zero-order valence-corrected chi connectivity index (χ0v) is 21.8. The minimum Gasteiger partial charge on any atom is -0.378 e. The van der Waals surface area contributed by atoms with Crippen molar-refractivity contribution >= 4 is 47.1 Å². The third-order valence-electron chi connectivity index (χ3n) is 6.82. The lowest BCUT2D eigenvalue weighted by molar-refractivity contribution is 0.870. The Balaban J connectivity index is 0.00000320. The van der Waals surface area contributed by atoms with Gasteiger partial charge in [0.25, 0.3) is 10.9 Å². The minimum atomic E-state index is -0.502. The molecule has 2 fully saturated rings. The number of hydrogen-bond acceptors (Lipinski definition) is 10. The van der Waals surface area contributed by atoms with Crippen LogP contribution in [0.3, 0.4) is 0 Å². The van der Waals surface area contributed by atoms with Crippen LogP contribution in [0.4, 0.5) is 34.6 Å². The molecule has 11 heteroatoms. The molecule has 0 bridgehead atoms. The first-order chi connectivity index (χ1) is 17.6. The summed E-state index contributed by atoms with van der Waals surface area (Å²) in [6.45, 7) is 5.61. The number of anilines is 6. The van der Waals surface area contributed by atoms with Crippen molar-refractivity contribution in [2.75, 3.05) is 71.6 Å². The molecule has 3 heterocycles. The second kappa shape index (κ2) is 12.2. The van der Waals surface area contributed by atoms with E-state index < -0.39 is 10.9 Å². The van der Waals surface area contributed by atoms with Gasteiger partial charge in [0.05, 0.1) is 0 Å². The molecule has 3 aromatic rings. The van der Waals surface area contributed by atoms with Crippen molar-refractivity contribution in [3.8, 4) is 0 Å². The predicted octanol–water partition coefficient (Wildman–Crippen LogP) is 2.46. The number of hydrogen-bond donors (Lipinski definition) is 4. The monoisotopic (exact) mass is 526 g/mol. The van der Waals surface area contributed by atoms with E-state index in [-0.39, 0.29) is 12.4 Å². The molecule has 2 aliphatic rings. The summed E-state index contributed by atoms with van der Waals surface area (Å²) < 4.78 is 0. The third kappa shape index (κ3) is 6.14. The molecule has 37 heavy (non-hydrogen) atoms. The highest BCUT2D eigenvalue weighted by Crippen LogP contribution is 2.26. The van der Waals surface area contributed by atoms with E-state index in [1.165, 1.54) is 25.7 Å². The van der Waals surface area contributed by atoms with Crippen LogP contribution in [0.5, 0.6) is 0 Å². The third-order valence-corrected chi connectivity index (χ3v) is 6.82. The van der Waals surface area contributed by atoms with Gasteiger partial charge in [-0.05, 0) is 56.3 Å². The summed E-state index contributed by atoms with van der Waals surface area (Å²) in [5.41, 5.74) is 7.12. The number of nitrogens with one attached hydrogen (secondary N) is 3. The number of nitrogens with two attached hydrogens (primary N) is 1. The Morgan fingerprint density at radius 2 is 1.43 bits per heavy atom. The van der Waals surface area contributed by atoms with Crippen LogP contribution < -0.4 is 42.3 Å². The van der Waals surface area contributed by atoms with Gasteiger partial charge < -0.3 is 31.5 Å². The molecule has 2 aliphatic heterocycles. The van der Waals surface area contributed by atoms with E-state index in [4.69, 9.17) is 15.7 Å². The van der Waals surface area contributed by atoms with Crippen LogP contribution >= 0.6 is 12.4 Å². The fourth-order valence-electron chi connectivity index (χ4n) is 4.80. The Labute approximate surface area is 222 Å². The molecular weight excluding hydrogens is 492 g/mol. The highest BCUT2D eigenvalue weighted by Gasteiger charge is 2.22. The summed E-state index contributed by atoms with van der Waals surface area (Å²) in [5.74, 6) is 2.52. The Hall–Kier alpha value is -3.37. The maximum Gasteiger partial charge on any atom is 0.253 e. The first-order valence-electron chi connectivity index (χ1n) is 12.9. The zero-order chi connectivity index (χ0) is 24.9. The lowest BCUT2D eigenvalue weighted by Gasteiger charge is -2.22. The second-order valence-corrected chi connectivity index (χ2v) is 9.42. The van der Waals surface area contributed by atoms with Gasteiger partial charge in [-0.2, -0.15) is 9.97 Å². The van der Waals surface area contributed by atoms with Gasteiger partial charge in [-0.3, -0.25) is 9.59 Å². The van der Waals surface area contributed by atoms with Gasteiger partial charge in [0.15, 0.2) is 0 Å². The average Bonchev–Trinajstić information content (AvgIpc) is 3.63. The zero-order valence-electron chi connectivity index (χ0n) is 21.0. The molecule has 2 saturated heterocycles. The Kier molecular flexibility index (Phi) is 8.83. The van der Waals surface area contributed by atoms with E-state index in [1.54, 1.807) is 0 Å². The number of halogens is 1. The van der Waals surface area contributed by atoms with Crippen LogP contribution in [0.2, 0.25) is 0 Å². The largest absolute Gasteiger partial charge is 0.378 e. The molecule has 0 amide bonds. The molecule has 0 spiro atoms. The number of aromatic nitrogens is 2. The number of nitrogens with zero attached hydrogens (tertiary/aromatic N) is 4. The molecule has 10 nitrogen and oxygen atoms in total. The molecule has 1 aromatic heterocycles. The Bertz CT molecular complexity index is 1210. The fourth-order valence-corrected chi connectivity index (χ4v) is 4.80. The molecule has 0 unspecified atom stereocenters. The normalized spacial score (nSPS) is 15.2. The van der Waals surface area contributed by atoms with Crippen molar-refractivity contribution in [3.63, 3.8) is 0 Å². The molecule has 5 rings (SSSR count). The SMILES string of the molecule is Cl.NCCc1ccc(Nc2c(NCCNc3cc(N4CCCC4)nc(N4CCCC4)n3)c(=O)c2=O)cc1. The van der Waals surface area contributed by atoms with Crippen LogP contribution in [0, 0.1) is 0 Å². The summed E-state index contributed by atoms with van der Waals surface area (Å²) >= 11 is 0. The molecule has 0 radical (unpaired) electrons. The summed E-state index contributed by atoms with van der Waals surface area (Å²) in [7, 11) is 0. The fraction of sp³-hybridized carbons (Fsp3) is 0.462. The highest BCUT2D eigenvalue weighted by atomic mass is 35.5. The lowest BCUT2D eigenvalue weighted by atomic mass is 10.1. The molecule has 2 aromatic carbocycles. The average molecular weight is 527 g/mol. The number of rotatable bonds is 11. The topological polar surface area (TPSA) is 129 Å². The highest BCUT2D eigenvalue weighted by molar-refractivity contribution is 5.85. The standard InChI is InChI=1S/C26H34N8O2.ClH/c27-10-9-18-5-7-19(8-6-18)30-23-22(24(35)25(23)36)29-12-11-28-20-17-21(33-13-1-2-14-33)32-26(31-20)34-15-3-4-16-34;/h5-8,17,29-30H,1-4,9-16,27H2,(H,28,31,32);1H. The minimum absolute atomic E-state index is 0. The van der Waals surface area contributed by atoms with Crippen molar-refractivity contribution in [3.05, 3.63) is 56.3 Å². The maximum atomic E-state index is 12.2. The van der Waals surface area contributed by atoms with Gasteiger partial charge in [0.2, 0.25) is 5.95 Å². The van der Waals surface area contributed by atoms with E-state index in [0.717, 1.165) is 61.4 Å². The smallest absolute Gasteiger partial charge is 0.253 e. The van der Waals surface area contributed by atoms with E-state index in [0.29, 0.717) is 31.0 Å². The first-order valence-corrected chi connectivity index (χ1v) is 12.9. The molecule has 198 valence electrons.